The van der Waals surface area contributed by atoms with Crippen molar-refractivity contribution < 1.29 is 17.6 Å². The van der Waals surface area contributed by atoms with Crippen LogP contribution in [0.2, 0.25) is 5.02 Å². The summed E-state index contributed by atoms with van der Waals surface area (Å²) in [6.45, 7) is 0. The van der Waals surface area contributed by atoms with Gasteiger partial charge in [-0.1, -0.05) is 24.4 Å². The van der Waals surface area contributed by atoms with E-state index in [0.717, 1.165) is 6.42 Å². The molecule has 1 aliphatic carbocycles. The van der Waals surface area contributed by atoms with Gasteiger partial charge in [0.1, 0.15) is 5.82 Å². The molecular formula is C15H18ClF4N. The third-order valence-electron chi connectivity index (χ3n) is 4.25. The summed E-state index contributed by atoms with van der Waals surface area (Å²) in [5, 5.41) is 0.339. The van der Waals surface area contributed by atoms with E-state index < -0.39 is 29.9 Å². The second kappa shape index (κ2) is 6.53. The Kier molecular flexibility index (Phi) is 5.15. The van der Waals surface area contributed by atoms with E-state index in [9.17, 15) is 17.6 Å². The normalized spacial score (nSPS) is 24.9. The maximum Gasteiger partial charge on any atom is 0.392 e. The third kappa shape index (κ3) is 4.10. The van der Waals surface area contributed by atoms with Gasteiger partial charge in [0.2, 0.25) is 0 Å². The first-order valence-electron chi connectivity index (χ1n) is 7.05. The first-order chi connectivity index (χ1) is 9.79. The number of alkyl halides is 3. The minimum Gasteiger partial charge on any atom is -0.327 e. The zero-order chi connectivity index (χ0) is 15.6. The number of hydrogen-bond donors (Lipinski definition) is 1. The van der Waals surface area contributed by atoms with Crippen LogP contribution in [0.25, 0.3) is 0 Å². The van der Waals surface area contributed by atoms with Crippen molar-refractivity contribution in [3.8, 4) is 0 Å². The monoisotopic (exact) mass is 323 g/mol. The molecule has 1 aromatic rings. The molecule has 21 heavy (non-hydrogen) atoms. The average molecular weight is 324 g/mol. The summed E-state index contributed by atoms with van der Waals surface area (Å²) in [4.78, 5) is 0. The molecule has 2 rings (SSSR count). The molecule has 1 aromatic carbocycles. The SMILES string of the molecule is NC(Cc1cc(F)ccc1Cl)C1CCCCC1C(F)(F)F. The Balaban J connectivity index is 2.14. The molecular weight excluding hydrogens is 306 g/mol. The molecule has 0 heterocycles. The zero-order valence-electron chi connectivity index (χ0n) is 11.5. The molecule has 1 saturated carbocycles. The van der Waals surface area contributed by atoms with E-state index in [2.05, 4.69) is 0 Å². The molecule has 0 bridgehead atoms. The number of hydrogen-bond acceptors (Lipinski definition) is 1. The van der Waals surface area contributed by atoms with Crippen LogP contribution in [0, 0.1) is 17.7 Å². The molecule has 118 valence electrons. The van der Waals surface area contributed by atoms with Crippen molar-refractivity contribution in [2.75, 3.05) is 0 Å². The van der Waals surface area contributed by atoms with Gasteiger partial charge in [-0.25, -0.2) is 4.39 Å². The molecule has 1 fully saturated rings. The summed E-state index contributed by atoms with van der Waals surface area (Å²) in [7, 11) is 0. The van der Waals surface area contributed by atoms with E-state index in [1.807, 2.05) is 0 Å². The predicted octanol–water partition coefficient (Wildman–Crippen LogP) is 4.72. The highest BCUT2D eigenvalue weighted by Gasteiger charge is 2.47. The second-order valence-electron chi connectivity index (χ2n) is 5.70. The summed E-state index contributed by atoms with van der Waals surface area (Å²) in [5.74, 6) is -2.45. The van der Waals surface area contributed by atoms with E-state index in [4.69, 9.17) is 17.3 Å². The van der Waals surface area contributed by atoms with Gasteiger partial charge in [0, 0.05) is 11.1 Å². The lowest BCUT2D eigenvalue weighted by Gasteiger charge is -2.36. The van der Waals surface area contributed by atoms with Gasteiger partial charge in [-0.3, -0.25) is 0 Å². The Morgan fingerprint density at radius 1 is 1.24 bits per heavy atom. The van der Waals surface area contributed by atoms with Gasteiger partial charge in [-0.05, 0) is 48.9 Å². The highest BCUT2D eigenvalue weighted by molar-refractivity contribution is 6.31. The zero-order valence-corrected chi connectivity index (χ0v) is 12.2. The summed E-state index contributed by atoms with van der Waals surface area (Å²) in [5.41, 5.74) is 6.47. The molecule has 0 aliphatic heterocycles. The summed E-state index contributed by atoms with van der Waals surface area (Å²) < 4.78 is 52.5. The molecule has 1 nitrogen and oxygen atoms in total. The smallest absolute Gasteiger partial charge is 0.327 e. The molecule has 3 unspecified atom stereocenters. The van der Waals surface area contributed by atoms with E-state index in [1.54, 1.807) is 0 Å². The van der Waals surface area contributed by atoms with Crippen LogP contribution in [0.1, 0.15) is 31.2 Å². The molecule has 1 aliphatic rings. The lowest BCUT2D eigenvalue weighted by Crippen LogP contribution is -2.44. The van der Waals surface area contributed by atoms with Gasteiger partial charge in [0.15, 0.2) is 0 Å². The fourth-order valence-corrected chi connectivity index (χ4v) is 3.38. The molecule has 0 spiro atoms. The summed E-state index contributed by atoms with van der Waals surface area (Å²) >= 11 is 5.96. The predicted molar refractivity (Wildman–Crippen MR) is 74.6 cm³/mol. The Labute approximate surface area is 126 Å². The van der Waals surface area contributed by atoms with Crippen LogP contribution in [0.3, 0.4) is 0 Å². The van der Waals surface area contributed by atoms with E-state index in [1.165, 1.54) is 18.2 Å². The van der Waals surface area contributed by atoms with Crippen LogP contribution >= 0.6 is 11.6 Å². The van der Waals surface area contributed by atoms with Crippen molar-refractivity contribution in [3.05, 3.63) is 34.6 Å². The Bertz CT molecular complexity index is 489. The standard InChI is InChI=1S/C15H18ClF4N/c16-13-6-5-10(17)7-9(13)8-14(21)11-3-1-2-4-12(11)15(18,19)20/h5-7,11-12,14H,1-4,8,21H2. The van der Waals surface area contributed by atoms with Crippen molar-refractivity contribution >= 4 is 11.6 Å². The molecule has 0 radical (unpaired) electrons. The van der Waals surface area contributed by atoms with Crippen LogP contribution in [0.15, 0.2) is 18.2 Å². The summed E-state index contributed by atoms with van der Waals surface area (Å²) in [6, 6.07) is 3.20. The van der Waals surface area contributed by atoms with Gasteiger partial charge in [-0.15, -0.1) is 0 Å². The highest BCUT2D eigenvalue weighted by atomic mass is 35.5. The molecule has 0 saturated heterocycles. The van der Waals surface area contributed by atoms with Crippen molar-refractivity contribution in [3.63, 3.8) is 0 Å². The Morgan fingerprint density at radius 2 is 1.90 bits per heavy atom. The van der Waals surface area contributed by atoms with Crippen LogP contribution in [-0.4, -0.2) is 12.2 Å². The quantitative estimate of drug-likeness (QED) is 0.800. The largest absolute Gasteiger partial charge is 0.392 e. The van der Waals surface area contributed by atoms with E-state index >= 15 is 0 Å². The highest BCUT2D eigenvalue weighted by Crippen LogP contribution is 2.43. The molecule has 0 amide bonds. The van der Waals surface area contributed by atoms with Crippen molar-refractivity contribution in [1.29, 1.82) is 0 Å². The fraction of sp³-hybridized carbons (Fsp3) is 0.600. The first-order valence-corrected chi connectivity index (χ1v) is 7.43. The van der Waals surface area contributed by atoms with Crippen molar-refractivity contribution in [2.24, 2.45) is 17.6 Å². The fourth-order valence-electron chi connectivity index (χ4n) is 3.18. The van der Waals surface area contributed by atoms with Gasteiger partial charge >= 0.3 is 6.18 Å². The Morgan fingerprint density at radius 3 is 2.57 bits per heavy atom. The Hall–Kier alpha value is -0.810. The van der Waals surface area contributed by atoms with Gasteiger partial charge in [0.25, 0.3) is 0 Å². The van der Waals surface area contributed by atoms with Gasteiger partial charge in [0.05, 0.1) is 5.92 Å². The molecule has 2 N–H and O–H groups in total. The average Bonchev–Trinajstić information content (AvgIpc) is 2.42. The summed E-state index contributed by atoms with van der Waals surface area (Å²) in [6.07, 6.45) is -2.16. The van der Waals surface area contributed by atoms with Crippen LogP contribution < -0.4 is 5.73 Å². The minimum atomic E-state index is -4.23. The van der Waals surface area contributed by atoms with E-state index in [-0.39, 0.29) is 12.8 Å². The van der Waals surface area contributed by atoms with E-state index in [0.29, 0.717) is 23.4 Å². The topological polar surface area (TPSA) is 26.0 Å². The molecule has 0 aromatic heterocycles. The van der Waals surface area contributed by atoms with Crippen molar-refractivity contribution in [2.45, 2.75) is 44.3 Å². The lowest BCUT2D eigenvalue weighted by atomic mass is 9.73. The number of rotatable bonds is 3. The molecule has 6 heteroatoms. The third-order valence-corrected chi connectivity index (χ3v) is 4.62. The van der Waals surface area contributed by atoms with Gasteiger partial charge in [-0.2, -0.15) is 13.2 Å². The van der Waals surface area contributed by atoms with Crippen LogP contribution in [-0.2, 0) is 6.42 Å². The minimum absolute atomic E-state index is 0.124. The number of halogens is 5. The maximum absolute atomic E-state index is 13.2. The number of benzene rings is 1. The van der Waals surface area contributed by atoms with Gasteiger partial charge < -0.3 is 5.73 Å². The number of nitrogens with two attached hydrogens (primary N) is 1. The van der Waals surface area contributed by atoms with Crippen molar-refractivity contribution in [1.82, 2.24) is 0 Å². The second-order valence-corrected chi connectivity index (χ2v) is 6.11. The molecule has 3 atom stereocenters. The maximum atomic E-state index is 13.2. The first kappa shape index (κ1) is 16.6. The lowest BCUT2D eigenvalue weighted by molar-refractivity contribution is -0.198. The van der Waals surface area contributed by atoms with Crippen LogP contribution in [0.5, 0.6) is 0 Å². The van der Waals surface area contributed by atoms with Crippen LogP contribution in [0.4, 0.5) is 17.6 Å².